The number of aromatic nitrogens is 1. The van der Waals surface area contributed by atoms with Gasteiger partial charge in [0.25, 0.3) is 5.91 Å². The van der Waals surface area contributed by atoms with Gasteiger partial charge in [-0.3, -0.25) is 19.5 Å². The maximum Gasteiger partial charge on any atom is 0.255 e. The molecule has 30 heavy (non-hydrogen) atoms. The lowest BCUT2D eigenvalue weighted by Crippen LogP contribution is -2.79. The molecular weight excluding hydrogens is 380 g/mol. The molecule has 0 aliphatic carbocycles. The SMILES string of the molecule is O=C(Cc1ccccc1)N1CC2(C1)CN(C(=O)c1cccnc1)CC1CC(O)CN12. The maximum atomic E-state index is 13.1. The molecule has 3 saturated heterocycles. The van der Waals surface area contributed by atoms with Crippen molar-refractivity contribution in [2.24, 2.45) is 0 Å². The molecule has 2 amide bonds. The Balaban J connectivity index is 1.32. The first-order chi connectivity index (χ1) is 14.5. The first-order valence-electron chi connectivity index (χ1n) is 10.5. The van der Waals surface area contributed by atoms with E-state index >= 15 is 0 Å². The van der Waals surface area contributed by atoms with Crippen molar-refractivity contribution in [3.63, 3.8) is 0 Å². The summed E-state index contributed by atoms with van der Waals surface area (Å²) in [6.07, 6.45) is 3.93. The molecule has 4 heterocycles. The van der Waals surface area contributed by atoms with Crippen molar-refractivity contribution < 1.29 is 14.7 Å². The molecule has 3 aliphatic heterocycles. The van der Waals surface area contributed by atoms with Crippen molar-refractivity contribution in [1.29, 1.82) is 0 Å². The Hall–Kier alpha value is -2.77. The third-order valence-electron chi connectivity index (χ3n) is 6.63. The van der Waals surface area contributed by atoms with E-state index in [1.165, 1.54) is 0 Å². The number of β-amino-alcohol motifs (C(OH)–C–C–N with tert-alkyl or cyclic N) is 1. The minimum absolute atomic E-state index is 0.0300. The molecule has 0 saturated carbocycles. The van der Waals surface area contributed by atoms with Crippen molar-refractivity contribution >= 4 is 11.8 Å². The highest BCUT2D eigenvalue weighted by Gasteiger charge is 2.57. The summed E-state index contributed by atoms with van der Waals surface area (Å²) < 4.78 is 0. The predicted molar refractivity (Wildman–Crippen MR) is 111 cm³/mol. The summed E-state index contributed by atoms with van der Waals surface area (Å²) in [7, 11) is 0. The fraction of sp³-hybridized carbons (Fsp3) is 0.435. The summed E-state index contributed by atoms with van der Waals surface area (Å²) in [5.74, 6) is 0.0800. The molecule has 3 fully saturated rings. The second-order valence-corrected chi connectivity index (χ2v) is 8.76. The molecule has 3 aliphatic rings. The van der Waals surface area contributed by atoms with Crippen LogP contribution in [0.2, 0.25) is 0 Å². The molecule has 2 atom stereocenters. The Morgan fingerprint density at radius 1 is 1.03 bits per heavy atom. The van der Waals surface area contributed by atoms with Crippen LogP contribution in [-0.4, -0.2) is 87.0 Å². The molecule has 1 spiro atoms. The monoisotopic (exact) mass is 406 g/mol. The van der Waals surface area contributed by atoms with E-state index in [2.05, 4.69) is 9.88 Å². The number of fused-ring (bicyclic) bond motifs is 2. The van der Waals surface area contributed by atoms with Gasteiger partial charge < -0.3 is 14.9 Å². The standard InChI is InChI=1S/C23H26N4O3/c28-20-10-19-12-25(22(30)18-7-4-8-24-11-18)14-23(27(19)13-20)15-26(16-23)21(29)9-17-5-2-1-3-6-17/h1-8,11,19-20,28H,9-10,12-16H2. The number of aliphatic hydroxyl groups excluding tert-OH is 1. The topological polar surface area (TPSA) is 77.0 Å². The Bertz CT molecular complexity index is 930. The van der Waals surface area contributed by atoms with Gasteiger partial charge in [-0.25, -0.2) is 0 Å². The third kappa shape index (κ3) is 3.38. The summed E-state index contributed by atoms with van der Waals surface area (Å²) in [4.78, 5) is 36.0. The number of hydrogen-bond donors (Lipinski definition) is 1. The molecule has 2 aromatic rings. The minimum atomic E-state index is -0.380. The van der Waals surface area contributed by atoms with Gasteiger partial charge in [0.05, 0.1) is 23.6 Å². The van der Waals surface area contributed by atoms with Gasteiger partial charge in [-0.1, -0.05) is 30.3 Å². The van der Waals surface area contributed by atoms with Gasteiger partial charge in [0.15, 0.2) is 0 Å². The van der Waals surface area contributed by atoms with Crippen LogP contribution < -0.4 is 0 Å². The Kier molecular flexibility index (Phi) is 4.79. The third-order valence-corrected chi connectivity index (χ3v) is 6.63. The van der Waals surface area contributed by atoms with E-state index in [0.29, 0.717) is 51.1 Å². The zero-order valence-electron chi connectivity index (χ0n) is 16.9. The van der Waals surface area contributed by atoms with Gasteiger partial charge >= 0.3 is 0 Å². The highest BCUT2D eigenvalue weighted by molar-refractivity contribution is 5.94. The maximum absolute atomic E-state index is 13.1. The van der Waals surface area contributed by atoms with Gasteiger partial charge in [-0.05, 0) is 24.1 Å². The molecule has 2 unspecified atom stereocenters. The van der Waals surface area contributed by atoms with Gasteiger partial charge in [0.1, 0.15) is 0 Å². The average Bonchev–Trinajstić information content (AvgIpc) is 3.12. The fourth-order valence-corrected chi connectivity index (χ4v) is 5.24. The quantitative estimate of drug-likeness (QED) is 0.816. The van der Waals surface area contributed by atoms with E-state index in [9.17, 15) is 14.7 Å². The van der Waals surface area contributed by atoms with Crippen molar-refractivity contribution in [3.8, 4) is 0 Å². The summed E-state index contributed by atoms with van der Waals surface area (Å²) in [6.45, 7) is 2.97. The zero-order valence-corrected chi connectivity index (χ0v) is 16.9. The molecule has 1 N–H and O–H groups in total. The van der Waals surface area contributed by atoms with E-state index in [-0.39, 0.29) is 29.5 Å². The van der Waals surface area contributed by atoms with E-state index in [1.54, 1.807) is 24.5 Å². The molecular formula is C23H26N4O3. The number of rotatable bonds is 3. The molecule has 1 aromatic heterocycles. The number of aliphatic hydroxyl groups is 1. The number of carbonyl (C=O) groups is 2. The number of pyridine rings is 1. The van der Waals surface area contributed by atoms with Crippen molar-refractivity contribution in [3.05, 3.63) is 66.0 Å². The van der Waals surface area contributed by atoms with Gasteiger partial charge in [-0.2, -0.15) is 0 Å². The van der Waals surface area contributed by atoms with Crippen LogP contribution >= 0.6 is 0 Å². The van der Waals surface area contributed by atoms with E-state index in [4.69, 9.17) is 0 Å². The smallest absolute Gasteiger partial charge is 0.255 e. The second-order valence-electron chi connectivity index (χ2n) is 8.76. The average molecular weight is 406 g/mol. The Morgan fingerprint density at radius 2 is 1.80 bits per heavy atom. The molecule has 7 nitrogen and oxygen atoms in total. The van der Waals surface area contributed by atoms with Gasteiger partial charge in [0, 0.05) is 51.2 Å². The normalized spacial score (nSPS) is 25.1. The van der Waals surface area contributed by atoms with Crippen molar-refractivity contribution in [2.75, 3.05) is 32.7 Å². The Labute approximate surface area is 175 Å². The fourth-order valence-electron chi connectivity index (χ4n) is 5.24. The van der Waals surface area contributed by atoms with E-state index < -0.39 is 0 Å². The lowest BCUT2D eigenvalue weighted by molar-refractivity contribution is -0.153. The van der Waals surface area contributed by atoms with E-state index in [1.807, 2.05) is 40.1 Å². The van der Waals surface area contributed by atoms with Crippen LogP contribution in [0, 0.1) is 0 Å². The number of piperazine rings is 1. The van der Waals surface area contributed by atoms with Gasteiger partial charge in [-0.15, -0.1) is 0 Å². The van der Waals surface area contributed by atoms with Crippen LogP contribution in [0.1, 0.15) is 22.3 Å². The summed E-state index contributed by atoms with van der Waals surface area (Å²) in [5.41, 5.74) is 1.32. The van der Waals surface area contributed by atoms with Crippen LogP contribution in [-0.2, 0) is 11.2 Å². The number of hydrogen-bond acceptors (Lipinski definition) is 5. The summed E-state index contributed by atoms with van der Waals surface area (Å²) in [5, 5.41) is 10.3. The Morgan fingerprint density at radius 3 is 2.53 bits per heavy atom. The number of nitrogens with zero attached hydrogens (tertiary/aromatic N) is 4. The lowest BCUT2D eigenvalue weighted by Gasteiger charge is -2.60. The van der Waals surface area contributed by atoms with E-state index in [0.717, 1.165) is 5.56 Å². The zero-order chi connectivity index (χ0) is 20.7. The van der Waals surface area contributed by atoms with Crippen LogP contribution in [0.3, 0.4) is 0 Å². The van der Waals surface area contributed by atoms with Crippen LogP contribution in [0.5, 0.6) is 0 Å². The molecule has 7 heteroatoms. The minimum Gasteiger partial charge on any atom is -0.392 e. The molecule has 156 valence electrons. The highest BCUT2D eigenvalue weighted by atomic mass is 16.3. The van der Waals surface area contributed by atoms with Crippen molar-refractivity contribution in [1.82, 2.24) is 19.7 Å². The first-order valence-corrected chi connectivity index (χ1v) is 10.5. The largest absolute Gasteiger partial charge is 0.392 e. The number of benzene rings is 1. The van der Waals surface area contributed by atoms with Crippen LogP contribution in [0.25, 0.3) is 0 Å². The van der Waals surface area contributed by atoms with Crippen LogP contribution in [0.15, 0.2) is 54.9 Å². The number of likely N-dealkylation sites (tertiary alicyclic amines) is 1. The van der Waals surface area contributed by atoms with Crippen LogP contribution in [0.4, 0.5) is 0 Å². The predicted octanol–water partition coefficient (Wildman–Crippen LogP) is 0.796. The summed E-state index contributed by atoms with van der Waals surface area (Å²) >= 11 is 0. The second kappa shape index (κ2) is 7.49. The van der Waals surface area contributed by atoms with Gasteiger partial charge in [0.2, 0.25) is 5.91 Å². The molecule has 0 radical (unpaired) electrons. The highest BCUT2D eigenvalue weighted by Crippen LogP contribution is 2.39. The summed E-state index contributed by atoms with van der Waals surface area (Å²) in [6, 6.07) is 13.5. The number of amides is 2. The molecule has 1 aromatic carbocycles. The first kappa shape index (κ1) is 19.2. The molecule has 0 bridgehead atoms. The number of carbonyl (C=O) groups excluding carboxylic acids is 2. The lowest BCUT2D eigenvalue weighted by atomic mass is 9.83. The molecule has 5 rings (SSSR count). The van der Waals surface area contributed by atoms with Crippen molar-refractivity contribution in [2.45, 2.75) is 30.5 Å².